The van der Waals surface area contributed by atoms with E-state index in [0.717, 1.165) is 27.0 Å². The summed E-state index contributed by atoms with van der Waals surface area (Å²) in [6.45, 7) is 4.38. The molecule has 1 aromatic carbocycles. The summed E-state index contributed by atoms with van der Waals surface area (Å²) in [6, 6.07) is 11.4. The van der Waals surface area contributed by atoms with E-state index < -0.39 is 0 Å². The monoisotopic (exact) mass is 447 g/mol. The number of halogens is 2. The highest BCUT2D eigenvalue weighted by molar-refractivity contribution is 7.22. The lowest BCUT2D eigenvalue weighted by molar-refractivity contribution is 0.0985. The van der Waals surface area contributed by atoms with Crippen molar-refractivity contribution < 1.29 is 4.79 Å². The van der Waals surface area contributed by atoms with Crippen molar-refractivity contribution in [3.05, 3.63) is 73.7 Å². The van der Waals surface area contributed by atoms with Crippen molar-refractivity contribution in [2.75, 3.05) is 4.90 Å². The van der Waals surface area contributed by atoms with E-state index in [-0.39, 0.29) is 5.91 Å². The summed E-state index contributed by atoms with van der Waals surface area (Å²) in [5.41, 5.74) is 4.30. The summed E-state index contributed by atoms with van der Waals surface area (Å²) in [4.78, 5) is 24.1. The van der Waals surface area contributed by atoms with Gasteiger partial charge in [0.2, 0.25) is 0 Å². The van der Waals surface area contributed by atoms with Crippen LogP contribution >= 0.6 is 45.9 Å². The average Bonchev–Trinajstić information content (AvgIpc) is 3.22. The van der Waals surface area contributed by atoms with Crippen LogP contribution in [0, 0.1) is 13.8 Å². The van der Waals surface area contributed by atoms with Crippen molar-refractivity contribution in [2.45, 2.75) is 20.4 Å². The standard InChI is InChI=1S/C20H15Cl2N3OS2/c1-11-7-12(2)17-15(8-11)24-20(28-17)25(10-13-5-3-4-6-23-13)19(26)14-9-16(21)27-18(14)22/h3-9H,10H2,1-2H3. The van der Waals surface area contributed by atoms with Crippen LogP contribution in [0.25, 0.3) is 10.2 Å². The molecule has 3 heterocycles. The summed E-state index contributed by atoms with van der Waals surface area (Å²) < 4.78 is 1.91. The first kappa shape index (κ1) is 19.3. The number of amides is 1. The lowest BCUT2D eigenvalue weighted by Gasteiger charge is -2.19. The molecular weight excluding hydrogens is 433 g/mol. The van der Waals surface area contributed by atoms with Crippen LogP contribution in [0.4, 0.5) is 5.13 Å². The summed E-state index contributed by atoms with van der Waals surface area (Å²) in [5, 5.41) is 0.609. The van der Waals surface area contributed by atoms with Gasteiger partial charge in [-0.25, -0.2) is 4.98 Å². The topological polar surface area (TPSA) is 46.1 Å². The third-order valence-corrected chi connectivity index (χ3v) is 6.94. The summed E-state index contributed by atoms with van der Waals surface area (Å²) >= 11 is 15.0. The van der Waals surface area contributed by atoms with Gasteiger partial charge in [-0.2, -0.15) is 0 Å². The van der Waals surface area contributed by atoms with Gasteiger partial charge in [-0.3, -0.25) is 14.7 Å². The molecule has 0 spiro atoms. The highest BCUT2D eigenvalue weighted by atomic mass is 35.5. The predicted molar refractivity (Wildman–Crippen MR) is 118 cm³/mol. The van der Waals surface area contributed by atoms with Gasteiger partial charge in [0.25, 0.3) is 5.91 Å². The van der Waals surface area contributed by atoms with Crippen LogP contribution in [0.5, 0.6) is 0 Å². The van der Waals surface area contributed by atoms with E-state index in [0.29, 0.717) is 25.9 Å². The first-order chi connectivity index (χ1) is 13.4. The second-order valence-corrected chi connectivity index (χ2v) is 9.64. The van der Waals surface area contributed by atoms with Crippen LogP contribution in [0.15, 0.2) is 42.6 Å². The summed E-state index contributed by atoms with van der Waals surface area (Å²) in [5.74, 6) is -0.243. The van der Waals surface area contributed by atoms with Crippen molar-refractivity contribution in [2.24, 2.45) is 0 Å². The molecule has 0 aliphatic rings. The zero-order chi connectivity index (χ0) is 19.8. The number of benzene rings is 1. The van der Waals surface area contributed by atoms with Gasteiger partial charge in [0.1, 0.15) is 4.34 Å². The first-order valence-electron chi connectivity index (χ1n) is 8.47. The number of hydrogen-bond donors (Lipinski definition) is 0. The molecule has 0 saturated carbocycles. The van der Waals surface area contributed by atoms with E-state index in [2.05, 4.69) is 18.0 Å². The van der Waals surface area contributed by atoms with Crippen LogP contribution in [-0.2, 0) is 6.54 Å². The Morgan fingerprint density at radius 2 is 1.96 bits per heavy atom. The van der Waals surface area contributed by atoms with E-state index in [1.54, 1.807) is 17.2 Å². The van der Waals surface area contributed by atoms with Crippen LogP contribution in [0.3, 0.4) is 0 Å². The highest BCUT2D eigenvalue weighted by Gasteiger charge is 2.25. The predicted octanol–water partition coefficient (Wildman–Crippen LogP) is 6.52. The quantitative estimate of drug-likeness (QED) is 0.357. The first-order valence-corrected chi connectivity index (χ1v) is 10.9. The number of aryl methyl sites for hydroxylation is 2. The van der Waals surface area contributed by atoms with Crippen molar-refractivity contribution in [3.8, 4) is 0 Å². The molecule has 4 rings (SSSR count). The molecule has 0 saturated heterocycles. The molecule has 142 valence electrons. The number of nitrogens with zero attached hydrogens (tertiary/aromatic N) is 3. The Kier molecular flexibility index (Phi) is 5.38. The van der Waals surface area contributed by atoms with Gasteiger partial charge in [0, 0.05) is 6.20 Å². The number of thiophene rings is 1. The maximum atomic E-state index is 13.3. The van der Waals surface area contributed by atoms with Gasteiger partial charge in [-0.05, 0) is 49.2 Å². The average molecular weight is 448 g/mol. The number of thiazole rings is 1. The molecule has 0 aliphatic carbocycles. The molecule has 4 nitrogen and oxygen atoms in total. The minimum Gasteiger partial charge on any atom is -0.278 e. The summed E-state index contributed by atoms with van der Waals surface area (Å²) in [6.07, 6.45) is 1.71. The minimum absolute atomic E-state index is 0.243. The number of rotatable bonds is 4. The maximum absolute atomic E-state index is 13.3. The number of carbonyl (C=O) groups is 1. The normalized spacial score (nSPS) is 11.1. The third-order valence-electron chi connectivity index (χ3n) is 4.22. The van der Waals surface area contributed by atoms with Crippen LogP contribution in [-0.4, -0.2) is 15.9 Å². The van der Waals surface area contributed by atoms with E-state index in [4.69, 9.17) is 28.2 Å². The largest absolute Gasteiger partial charge is 0.278 e. The Bertz CT molecular complexity index is 1170. The fraction of sp³-hybridized carbons (Fsp3) is 0.150. The Morgan fingerprint density at radius 3 is 2.64 bits per heavy atom. The van der Waals surface area contributed by atoms with E-state index in [9.17, 15) is 4.79 Å². The SMILES string of the molecule is Cc1cc(C)c2sc(N(Cc3ccccn3)C(=O)c3cc(Cl)sc3Cl)nc2c1. The van der Waals surface area contributed by atoms with Gasteiger partial charge in [0.15, 0.2) is 5.13 Å². The molecule has 0 atom stereocenters. The zero-order valence-electron chi connectivity index (χ0n) is 15.1. The number of carbonyl (C=O) groups excluding carboxylic acids is 1. The van der Waals surface area contributed by atoms with Crippen molar-refractivity contribution >= 4 is 67.1 Å². The number of aromatic nitrogens is 2. The van der Waals surface area contributed by atoms with Gasteiger partial charge < -0.3 is 0 Å². The molecular formula is C20H15Cl2N3OS2. The van der Waals surface area contributed by atoms with Crippen molar-refractivity contribution in [1.82, 2.24) is 9.97 Å². The minimum atomic E-state index is -0.243. The van der Waals surface area contributed by atoms with Gasteiger partial charge in [-0.1, -0.05) is 46.7 Å². The molecule has 0 fully saturated rings. The Morgan fingerprint density at radius 1 is 1.14 bits per heavy atom. The van der Waals surface area contributed by atoms with Crippen LogP contribution < -0.4 is 4.90 Å². The molecule has 0 N–H and O–H groups in total. The molecule has 28 heavy (non-hydrogen) atoms. The smallest absolute Gasteiger partial charge is 0.262 e. The molecule has 4 aromatic rings. The van der Waals surface area contributed by atoms with Gasteiger partial charge in [0.05, 0.1) is 32.4 Å². The second kappa shape index (κ2) is 7.79. The Balaban J connectivity index is 1.82. The number of fused-ring (bicyclic) bond motifs is 1. The molecule has 1 amide bonds. The van der Waals surface area contributed by atoms with E-state index in [1.165, 1.54) is 22.7 Å². The fourth-order valence-electron chi connectivity index (χ4n) is 2.99. The maximum Gasteiger partial charge on any atom is 0.262 e. The van der Waals surface area contributed by atoms with E-state index in [1.807, 2.05) is 31.2 Å². The van der Waals surface area contributed by atoms with E-state index >= 15 is 0 Å². The lowest BCUT2D eigenvalue weighted by Crippen LogP contribution is -2.30. The Hall–Kier alpha value is -1.99. The van der Waals surface area contributed by atoms with Crippen molar-refractivity contribution in [1.29, 1.82) is 0 Å². The third kappa shape index (κ3) is 3.78. The zero-order valence-corrected chi connectivity index (χ0v) is 18.2. The number of anilines is 1. The highest BCUT2D eigenvalue weighted by Crippen LogP contribution is 2.36. The molecule has 0 radical (unpaired) electrons. The van der Waals surface area contributed by atoms with Crippen LogP contribution in [0.2, 0.25) is 8.67 Å². The Labute approximate surface area is 180 Å². The second-order valence-electron chi connectivity index (χ2n) is 6.38. The lowest BCUT2D eigenvalue weighted by atomic mass is 10.1. The molecule has 8 heteroatoms. The molecule has 0 bridgehead atoms. The molecule has 0 aliphatic heterocycles. The van der Waals surface area contributed by atoms with Crippen LogP contribution in [0.1, 0.15) is 27.2 Å². The van der Waals surface area contributed by atoms with Gasteiger partial charge >= 0.3 is 0 Å². The molecule has 0 unspecified atom stereocenters. The van der Waals surface area contributed by atoms with Crippen molar-refractivity contribution in [3.63, 3.8) is 0 Å². The number of pyridine rings is 1. The number of hydrogen-bond acceptors (Lipinski definition) is 5. The van der Waals surface area contributed by atoms with Gasteiger partial charge in [-0.15, -0.1) is 11.3 Å². The molecule has 3 aromatic heterocycles. The summed E-state index contributed by atoms with van der Waals surface area (Å²) in [7, 11) is 0. The fourth-order valence-corrected chi connectivity index (χ4v) is 5.45.